The van der Waals surface area contributed by atoms with Crippen LogP contribution in [-0.2, 0) is 12.8 Å². The number of ether oxygens (including phenoxy) is 1. The number of halogens is 2. The van der Waals surface area contributed by atoms with Crippen LogP contribution >= 0.6 is 24.0 Å². The van der Waals surface area contributed by atoms with Crippen LogP contribution in [0.25, 0.3) is 0 Å². The number of hydrogen-bond acceptors (Lipinski definition) is 3. The second-order valence-corrected chi connectivity index (χ2v) is 6.36. The number of anilines is 1. The number of rotatable bonds is 4. The maximum Gasteiger partial charge on any atom is 0.119 e. The van der Waals surface area contributed by atoms with Gasteiger partial charge in [-0.25, -0.2) is 0 Å². The minimum atomic E-state index is 0. The number of benzene rings is 2. The molecule has 1 atom stereocenters. The van der Waals surface area contributed by atoms with Crippen molar-refractivity contribution >= 4 is 29.7 Å². The van der Waals surface area contributed by atoms with Crippen LogP contribution in [0.3, 0.4) is 0 Å². The molecule has 1 unspecified atom stereocenters. The zero-order valence-electron chi connectivity index (χ0n) is 14.1. The smallest absolute Gasteiger partial charge is 0.119 e. The van der Waals surface area contributed by atoms with Crippen LogP contribution in [0.4, 0.5) is 5.69 Å². The molecule has 0 radical (unpaired) electrons. The molecule has 0 bridgehead atoms. The molecule has 2 N–H and O–H groups in total. The Labute approximate surface area is 155 Å². The zero-order valence-corrected chi connectivity index (χ0v) is 15.6. The fourth-order valence-corrected chi connectivity index (χ4v) is 3.34. The lowest BCUT2D eigenvalue weighted by molar-refractivity contribution is 0.414. The van der Waals surface area contributed by atoms with Gasteiger partial charge in [0.05, 0.1) is 17.8 Å². The van der Waals surface area contributed by atoms with E-state index in [0.717, 1.165) is 42.4 Å². The first-order chi connectivity index (χ1) is 11.2. The lowest BCUT2D eigenvalue weighted by Gasteiger charge is -2.21. The van der Waals surface area contributed by atoms with Crippen molar-refractivity contribution in [1.29, 1.82) is 0 Å². The summed E-state index contributed by atoms with van der Waals surface area (Å²) in [4.78, 5) is 0. The molecular formula is C19H24Cl2N2O. The predicted molar refractivity (Wildman–Crippen MR) is 104 cm³/mol. The topological polar surface area (TPSA) is 33.3 Å². The molecule has 3 nitrogen and oxygen atoms in total. The molecule has 0 spiro atoms. The summed E-state index contributed by atoms with van der Waals surface area (Å²) in [6, 6.07) is 12.5. The highest BCUT2D eigenvalue weighted by Crippen LogP contribution is 2.33. The highest BCUT2D eigenvalue weighted by molar-refractivity contribution is 6.33. The summed E-state index contributed by atoms with van der Waals surface area (Å²) >= 11 is 6.50. The molecule has 130 valence electrons. The van der Waals surface area contributed by atoms with E-state index in [1.807, 2.05) is 18.2 Å². The average molecular weight is 367 g/mol. The van der Waals surface area contributed by atoms with E-state index in [1.165, 1.54) is 16.7 Å². The quantitative estimate of drug-likeness (QED) is 0.827. The molecule has 0 saturated carbocycles. The molecule has 2 aromatic carbocycles. The largest absolute Gasteiger partial charge is 0.497 e. The van der Waals surface area contributed by atoms with E-state index in [0.29, 0.717) is 0 Å². The van der Waals surface area contributed by atoms with Crippen molar-refractivity contribution in [2.75, 3.05) is 25.5 Å². The fourth-order valence-electron chi connectivity index (χ4n) is 3.11. The van der Waals surface area contributed by atoms with Crippen molar-refractivity contribution in [1.82, 2.24) is 5.32 Å². The molecule has 0 saturated heterocycles. The Kier molecular flexibility index (Phi) is 6.79. The standard InChI is InChI=1S/C19H23ClN2O.ClH/c1-13(15-4-3-5-16(12-15)23-2)22-19-17-9-11-21-10-8-14(17)6-7-18(19)20;/h3-7,12-13,21-22H,8-11H2,1-2H3;1H. The van der Waals surface area contributed by atoms with Gasteiger partial charge in [0, 0.05) is 6.04 Å². The summed E-state index contributed by atoms with van der Waals surface area (Å²) in [5, 5.41) is 7.86. The van der Waals surface area contributed by atoms with Gasteiger partial charge in [0.25, 0.3) is 0 Å². The Morgan fingerprint density at radius 2 is 1.96 bits per heavy atom. The average Bonchev–Trinajstić information content (AvgIpc) is 2.83. The van der Waals surface area contributed by atoms with E-state index in [4.69, 9.17) is 16.3 Å². The van der Waals surface area contributed by atoms with Crippen LogP contribution in [-0.4, -0.2) is 20.2 Å². The van der Waals surface area contributed by atoms with Gasteiger partial charge in [-0.1, -0.05) is 29.8 Å². The number of methoxy groups -OCH3 is 1. The van der Waals surface area contributed by atoms with Crippen LogP contribution in [0, 0.1) is 0 Å². The molecule has 0 aliphatic carbocycles. The number of nitrogens with one attached hydrogen (secondary N) is 2. The van der Waals surface area contributed by atoms with Gasteiger partial charge in [-0.2, -0.15) is 0 Å². The monoisotopic (exact) mass is 366 g/mol. The molecule has 2 aromatic rings. The van der Waals surface area contributed by atoms with E-state index in [9.17, 15) is 0 Å². The van der Waals surface area contributed by atoms with Crippen molar-refractivity contribution in [3.8, 4) is 5.75 Å². The minimum Gasteiger partial charge on any atom is -0.497 e. The highest BCUT2D eigenvalue weighted by atomic mass is 35.5. The fraction of sp³-hybridized carbons (Fsp3) is 0.368. The van der Waals surface area contributed by atoms with Crippen LogP contribution in [0.15, 0.2) is 36.4 Å². The van der Waals surface area contributed by atoms with Gasteiger partial charge in [-0.3, -0.25) is 0 Å². The second-order valence-electron chi connectivity index (χ2n) is 5.95. The molecule has 5 heteroatoms. The number of fused-ring (bicyclic) bond motifs is 1. The van der Waals surface area contributed by atoms with Crippen molar-refractivity contribution in [3.05, 3.63) is 58.1 Å². The Hall–Kier alpha value is -1.42. The van der Waals surface area contributed by atoms with Crippen LogP contribution < -0.4 is 15.4 Å². The normalized spacial score (nSPS) is 14.8. The third-order valence-electron chi connectivity index (χ3n) is 4.44. The highest BCUT2D eigenvalue weighted by Gasteiger charge is 2.17. The van der Waals surface area contributed by atoms with E-state index in [1.54, 1.807) is 7.11 Å². The number of hydrogen-bond donors (Lipinski definition) is 2. The van der Waals surface area contributed by atoms with Gasteiger partial charge in [0.2, 0.25) is 0 Å². The summed E-state index contributed by atoms with van der Waals surface area (Å²) < 4.78 is 5.32. The maximum absolute atomic E-state index is 6.50. The van der Waals surface area contributed by atoms with Crippen LogP contribution in [0.5, 0.6) is 5.75 Å². The van der Waals surface area contributed by atoms with Gasteiger partial charge in [-0.05, 0) is 67.7 Å². The zero-order chi connectivity index (χ0) is 16.2. The van der Waals surface area contributed by atoms with Crippen LogP contribution in [0.1, 0.15) is 29.7 Å². The Morgan fingerprint density at radius 3 is 2.75 bits per heavy atom. The summed E-state index contributed by atoms with van der Waals surface area (Å²) in [5.41, 5.74) is 4.99. The lowest BCUT2D eigenvalue weighted by Crippen LogP contribution is -2.16. The van der Waals surface area contributed by atoms with Gasteiger partial charge in [0.15, 0.2) is 0 Å². The molecule has 24 heavy (non-hydrogen) atoms. The molecule has 1 aliphatic rings. The Balaban J connectivity index is 0.00000208. The van der Waals surface area contributed by atoms with Gasteiger partial charge >= 0.3 is 0 Å². The molecule has 3 rings (SSSR count). The molecule has 0 aromatic heterocycles. The molecule has 0 fully saturated rings. The summed E-state index contributed by atoms with van der Waals surface area (Å²) in [6.45, 7) is 4.18. The first-order valence-corrected chi connectivity index (χ1v) is 8.48. The van der Waals surface area contributed by atoms with Gasteiger partial charge in [0.1, 0.15) is 5.75 Å². The van der Waals surface area contributed by atoms with Crippen molar-refractivity contribution in [3.63, 3.8) is 0 Å². The Bertz CT molecular complexity index is 691. The SMILES string of the molecule is COc1cccc(C(C)Nc2c(Cl)ccc3c2CCNCC3)c1.Cl. The second kappa shape index (κ2) is 8.61. The third kappa shape index (κ3) is 4.15. The summed E-state index contributed by atoms with van der Waals surface area (Å²) in [6.07, 6.45) is 2.05. The van der Waals surface area contributed by atoms with E-state index < -0.39 is 0 Å². The first kappa shape index (κ1) is 18.9. The van der Waals surface area contributed by atoms with Crippen molar-refractivity contribution < 1.29 is 4.74 Å². The van der Waals surface area contributed by atoms with Gasteiger partial charge < -0.3 is 15.4 Å². The molecule has 0 amide bonds. The lowest BCUT2D eigenvalue weighted by atomic mass is 9.99. The van der Waals surface area contributed by atoms with E-state index >= 15 is 0 Å². The summed E-state index contributed by atoms with van der Waals surface area (Å²) in [5.74, 6) is 0.873. The van der Waals surface area contributed by atoms with E-state index in [-0.39, 0.29) is 18.4 Å². The first-order valence-electron chi connectivity index (χ1n) is 8.10. The predicted octanol–water partition coefficient (Wildman–Crippen LogP) is 4.63. The van der Waals surface area contributed by atoms with Crippen molar-refractivity contribution in [2.45, 2.75) is 25.8 Å². The van der Waals surface area contributed by atoms with E-state index in [2.05, 4.69) is 35.8 Å². The summed E-state index contributed by atoms with van der Waals surface area (Å²) in [7, 11) is 1.69. The Morgan fingerprint density at radius 1 is 1.17 bits per heavy atom. The van der Waals surface area contributed by atoms with Gasteiger partial charge in [-0.15, -0.1) is 12.4 Å². The molecule has 1 aliphatic heterocycles. The molecule has 1 heterocycles. The van der Waals surface area contributed by atoms with Crippen molar-refractivity contribution in [2.24, 2.45) is 0 Å². The van der Waals surface area contributed by atoms with Crippen LogP contribution in [0.2, 0.25) is 5.02 Å². The third-order valence-corrected chi connectivity index (χ3v) is 4.75. The molecular weight excluding hydrogens is 343 g/mol. The minimum absolute atomic E-state index is 0. The maximum atomic E-state index is 6.50.